The highest BCUT2D eigenvalue weighted by Crippen LogP contribution is 2.34. The molecule has 154 valence electrons. The first-order valence-corrected chi connectivity index (χ1v) is 10.5. The van der Waals surface area contributed by atoms with Crippen molar-refractivity contribution in [3.63, 3.8) is 0 Å². The number of nitrogens with zero attached hydrogens (tertiary/aromatic N) is 1. The molecule has 2 aromatic carbocycles. The Hall–Kier alpha value is -3.12. The fourth-order valence-corrected chi connectivity index (χ4v) is 4.02. The van der Waals surface area contributed by atoms with Crippen LogP contribution < -0.4 is 4.74 Å². The van der Waals surface area contributed by atoms with Crippen LogP contribution in [-0.4, -0.2) is 18.1 Å². The van der Waals surface area contributed by atoms with Crippen LogP contribution in [0.1, 0.15) is 42.4 Å². The van der Waals surface area contributed by atoms with Crippen molar-refractivity contribution in [2.45, 2.75) is 32.8 Å². The minimum atomic E-state index is -0.360. The highest BCUT2D eigenvalue weighted by atomic mass is 32.1. The molecule has 0 aliphatic heterocycles. The third kappa shape index (κ3) is 4.24. The van der Waals surface area contributed by atoms with E-state index in [1.165, 1.54) is 7.11 Å². The monoisotopic (exact) mass is 421 g/mol. The highest BCUT2D eigenvalue weighted by molar-refractivity contribution is 7.13. The van der Waals surface area contributed by atoms with Crippen molar-refractivity contribution in [3.05, 3.63) is 70.7 Å². The van der Waals surface area contributed by atoms with Crippen molar-refractivity contribution in [2.75, 3.05) is 7.11 Å². The van der Waals surface area contributed by atoms with E-state index in [0.29, 0.717) is 12.2 Å². The van der Waals surface area contributed by atoms with Crippen LogP contribution in [0.4, 0.5) is 0 Å². The predicted molar refractivity (Wildman–Crippen MR) is 118 cm³/mol. The highest BCUT2D eigenvalue weighted by Gasteiger charge is 2.19. The van der Waals surface area contributed by atoms with Gasteiger partial charge in [0.2, 0.25) is 0 Å². The lowest BCUT2D eigenvalue weighted by atomic mass is 9.93. The van der Waals surface area contributed by atoms with Crippen LogP contribution in [0.3, 0.4) is 0 Å². The molecule has 0 fully saturated rings. The first-order chi connectivity index (χ1) is 14.3. The number of fused-ring (bicyclic) bond motifs is 1. The lowest BCUT2D eigenvalue weighted by molar-refractivity contribution is 0.0600. The molecule has 5 nitrogen and oxygen atoms in total. The van der Waals surface area contributed by atoms with Gasteiger partial charge in [-0.2, -0.15) is 0 Å². The van der Waals surface area contributed by atoms with Gasteiger partial charge in [-0.05, 0) is 42.0 Å². The van der Waals surface area contributed by atoms with Crippen LogP contribution in [0.5, 0.6) is 5.75 Å². The van der Waals surface area contributed by atoms with Gasteiger partial charge in [-0.3, -0.25) is 0 Å². The molecule has 6 heteroatoms. The number of esters is 1. The van der Waals surface area contributed by atoms with E-state index in [4.69, 9.17) is 18.9 Å². The average Bonchev–Trinajstić information content (AvgIpc) is 3.38. The normalized spacial score (nSPS) is 11.6. The number of aromatic nitrogens is 1. The molecule has 0 atom stereocenters. The van der Waals surface area contributed by atoms with Gasteiger partial charge < -0.3 is 13.9 Å². The number of thiazole rings is 1. The summed E-state index contributed by atoms with van der Waals surface area (Å²) in [6.45, 7) is 6.79. The SMILES string of the molecule is COC(=O)c1cccc(COc2ccc3oc(-c4nc(C(C)(C)C)cs4)cc3c2)c1. The van der Waals surface area contributed by atoms with Crippen molar-refractivity contribution >= 4 is 28.3 Å². The molecule has 0 saturated heterocycles. The van der Waals surface area contributed by atoms with Gasteiger partial charge in [0.25, 0.3) is 0 Å². The molecule has 0 aliphatic rings. The van der Waals surface area contributed by atoms with Crippen molar-refractivity contribution in [2.24, 2.45) is 0 Å². The number of carbonyl (C=O) groups is 1. The standard InChI is InChI=1S/C24H23NO4S/c1-24(2,3)21-14-30-22(25-21)20-12-17-11-18(8-9-19(17)29-20)28-13-15-6-5-7-16(10-15)23(26)27-4/h5-12,14H,13H2,1-4H3. The summed E-state index contributed by atoms with van der Waals surface area (Å²) in [5.41, 5.74) is 3.25. The molecule has 0 bridgehead atoms. The molecule has 2 aromatic heterocycles. The van der Waals surface area contributed by atoms with Gasteiger partial charge in [-0.15, -0.1) is 11.3 Å². The zero-order valence-corrected chi connectivity index (χ0v) is 18.2. The van der Waals surface area contributed by atoms with Crippen LogP contribution in [-0.2, 0) is 16.8 Å². The molecule has 30 heavy (non-hydrogen) atoms. The number of furan rings is 1. The smallest absolute Gasteiger partial charge is 0.337 e. The number of hydrogen-bond acceptors (Lipinski definition) is 6. The van der Waals surface area contributed by atoms with Gasteiger partial charge in [0.15, 0.2) is 10.8 Å². The topological polar surface area (TPSA) is 61.6 Å². The van der Waals surface area contributed by atoms with Gasteiger partial charge in [0, 0.05) is 16.2 Å². The van der Waals surface area contributed by atoms with Crippen LogP contribution in [0.25, 0.3) is 21.7 Å². The number of benzene rings is 2. The quantitative estimate of drug-likeness (QED) is 0.358. The van der Waals surface area contributed by atoms with E-state index in [9.17, 15) is 4.79 Å². The van der Waals surface area contributed by atoms with E-state index < -0.39 is 0 Å². The van der Waals surface area contributed by atoms with Gasteiger partial charge >= 0.3 is 5.97 Å². The second kappa shape index (κ2) is 7.95. The minimum absolute atomic E-state index is 0.00689. The number of methoxy groups -OCH3 is 1. The number of ether oxygens (including phenoxy) is 2. The van der Waals surface area contributed by atoms with Crippen LogP contribution in [0, 0.1) is 0 Å². The van der Waals surface area contributed by atoms with Crippen molar-refractivity contribution in [1.29, 1.82) is 0 Å². The van der Waals surface area contributed by atoms with Gasteiger partial charge in [-0.1, -0.05) is 32.9 Å². The van der Waals surface area contributed by atoms with E-state index in [1.54, 1.807) is 23.5 Å². The van der Waals surface area contributed by atoms with Gasteiger partial charge in [-0.25, -0.2) is 9.78 Å². The summed E-state index contributed by atoms with van der Waals surface area (Å²) in [4.78, 5) is 16.4. The summed E-state index contributed by atoms with van der Waals surface area (Å²) in [7, 11) is 1.37. The first kappa shape index (κ1) is 20.2. The summed E-state index contributed by atoms with van der Waals surface area (Å²) in [6, 6.07) is 14.9. The summed E-state index contributed by atoms with van der Waals surface area (Å²) in [5, 5.41) is 3.91. The fraction of sp³-hybridized carbons (Fsp3) is 0.250. The summed E-state index contributed by atoms with van der Waals surface area (Å²) >= 11 is 1.59. The van der Waals surface area contributed by atoms with Crippen molar-refractivity contribution < 1.29 is 18.7 Å². The van der Waals surface area contributed by atoms with E-state index in [-0.39, 0.29) is 11.4 Å². The van der Waals surface area contributed by atoms with Crippen molar-refractivity contribution in [1.82, 2.24) is 4.98 Å². The zero-order valence-electron chi connectivity index (χ0n) is 17.4. The molecular weight excluding hydrogens is 398 g/mol. The Morgan fingerprint density at radius 3 is 2.70 bits per heavy atom. The Bertz CT molecular complexity index is 1200. The minimum Gasteiger partial charge on any atom is -0.489 e. The Morgan fingerprint density at radius 2 is 1.97 bits per heavy atom. The van der Waals surface area contributed by atoms with E-state index >= 15 is 0 Å². The molecule has 0 N–H and O–H groups in total. The Labute approximate surface area is 179 Å². The maximum absolute atomic E-state index is 11.7. The molecule has 0 unspecified atom stereocenters. The van der Waals surface area contributed by atoms with E-state index in [0.717, 1.165) is 38.7 Å². The molecular formula is C24H23NO4S. The fourth-order valence-electron chi connectivity index (χ4n) is 3.02. The summed E-state index contributed by atoms with van der Waals surface area (Å²) in [6.07, 6.45) is 0. The summed E-state index contributed by atoms with van der Waals surface area (Å²) < 4.78 is 16.7. The second-order valence-electron chi connectivity index (χ2n) is 8.08. The molecule has 0 amide bonds. The molecule has 0 saturated carbocycles. The van der Waals surface area contributed by atoms with Crippen LogP contribution in [0.2, 0.25) is 0 Å². The first-order valence-electron chi connectivity index (χ1n) is 9.63. The molecule has 0 spiro atoms. The number of rotatable bonds is 5. The third-order valence-corrected chi connectivity index (χ3v) is 5.58. The predicted octanol–water partition coefficient (Wildman–Crippen LogP) is 6.22. The maximum Gasteiger partial charge on any atom is 0.337 e. The lowest BCUT2D eigenvalue weighted by Crippen LogP contribution is -2.11. The van der Waals surface area contributed by atoms with E-state index in [1.807, 2.05) is 36.4 Å². The Morgan fingerprint density at radius 1 is 1.13 bits per heavy atom. The van der Waals surface area contributed by atoms with Gasteiger partial charge in [0.05, 0.1) is 18.4 Å². The molecule has 0 radical (unpaired) electrons. The largest absolute Gasteiger partial charge is 0.489 e. The zero-order chi connectivity index (χ0) is 21.3. The second-order valence-corrected chi connectivity index (χ2v) is 8.94. The molecule has 4 aromatic rings. The number of carbonyl (C=O) groups excluding carboxylic acids is 1. The summed E-state index contributed by atoms with van der Waals surface area (Å²) in [5.74, 6) is 1.13. The Kier molecular flexibility index (Phi) is 5.35. The van der Waals surface area contributed by atoms with Gasteiger partial charge in [0.1, 0.15) is 17.9 Å². The number of hydrogen-bond donors (Lipinski definition) is 0. The van der Waals surface area contributed by atoms with E-state index in [2.05, 4.69) is 26.2 Å². The van der Waals surface area contributed by atoms with Crippen LogP contribution >= 0.6 is 11.3 Å². The third-order valence-electron chi connectivity index (χ3n) is 4.72. The van der Waals surface area contributed by atoms with Crippen LogP contribution in [0.15, 0.2) is 58.3 Å². The van der Waals surface area contributed by atoms with Crippen molar-refractivity contribution in [3.8, 4) is 16.5 Å². The molecule has 0 aliphatic carbocycles. The average molecular weight is 422 g/mol. The molecule has 2 heterocycles. The Balaban J connectivity index is 1.52. The maximum atomic E-state index is 11.7. The molecule has 4 rings (SSSR count). The lowest BCUT2D eigenvalue weighted by Gasteiger charge is -2.13.